The molecule has 6 heteroatoms. The van der Waals surface area contributed by atoms with E-state index in [1.807, 2.05) is 6.92 Å². The SMILES string of the molecule is CCNc1cc(Oc2ccccc2CO)cc([N+](=O)[O-])c1. The first-order chi connectivity index (χ1) is 10.1. The molecule has 2 aromatic carbocycles. The molecule has 0 spiro atoms. The number of nitrogens with zero attached hydrogens (tertiary/aromatic N) is 1. The minimum absolute atomic E-state index is 0.0510. The van der Waals surface area contributed by atoms with Crippen LogP contribution in [0.3, 0.4) is 0 Å². The second-order valence-corrected chi connectivity index (χ2v) is 4.37. The maximum Gasteiger partial charge on any atom is 0.275 e. The first kappa shape index (κ1) is 14.8. The number of nitro benzene ring substituents is 1. The van der Waals surface area contributed by atoms with E-state index in [2.05, 4.69) is 5.32 Å². The van der Waals surface area contributed by atoms with Crippen molar-refractivity contribution in [2.45, 2.75) is 13.5 Å². The molecule has 0 aliphatic rings. The Morgan fingerprint density at radius 2 is 2.05 bits per heavy atom. The number of aliphatic hydroxyl groups is 1. The van der Waals surface area contributed by atoms with Crippen LogP contribution in [0.4, 0.5) is 11.4 Å². The number of anilines is 1. The summed E-state index contributed by atoms with van der Waals surface area (Å²) in [5, 5.41) is 23.3. The van der Waals surface area contributed by atoms with Gasteiger partial charge < -0.3 is 15.2 Å². The monoisotopic (exact) mass is 288 g/mol. The van der Waals surface area contributed by atoms with Gasteiger partial charge in [-0.25, -0.2) is 0 Å². The van der Waals surface area contributed by atoms with E-state index in [0.29, 0.717) is 29.3 Å². The van der Waals surface area contributed by atoms with Gasteiger partial charge in [-0.3, -0.25) is 10.1 Å². The second-order valence-electron chi connectivity index (χ2n) is 4.37. The van der Waals surface area contributed by atoms with Gasteiger partial charge in [-0.15, -0.1) is 0 Å². The highest BCUT2D eigenvalue weighted by Crippen LogP contribution is 2.31. The van der Waals surface area contributed by atoms with E-state index in [1.54, 1.807) is 30.3 Å². The number of nitrogens with one attached hydrogen (secondary N) is 1. The van der Waals surface area contributed by atoms with E-state index in [9.17, 15) is 15.2 Å². The zero-order chi connectivity index (χ0) is 15.2. The third-order valence-corrected chi connectivity index (χ3v) is 2.85. The molecule has 0 saturated heterocycles. The predicted molar refractivity (Wildman–Crippen MR) is 79.7 cm³/mol. The Morgan fingerprint density at radius 1 is 1.29 bits per heavy atom. The Morgan fingerprint density at radius 3 is 2.71 bits per heavy atom. The summed E-state index contributed by atoms with van der Waals surface area (Å²) in [6, 6.07) is 11.5. The first-order valence-corrected chi connectivity index (χ1v) is 6.54. The number of benzene rings is 2. The van der Waals surface area contributed by atoms with Crippen molar-refractivity contribution >= 4 is 11.4 Å². The van der Waals surface area contributed by atoms with Gasteiger partial charge in [-0.05, 0) is 13.0 Å². The number of ether oxygens (including phenoxy) is 1. The van der Waals surface area contributed by atoms with E-state index < -0.39 is 4.92 Å². The van der Waals surface area contributed by atoms with Crippen molar-refractivity contribution in [3.63, 3.8) is 0 Å². The molecule has 2 aromatic rings. The standard InChI is InChI=1S/C15H16N2O4/c1-2-16-12-7-13(17(19)20)9-14(8-12)21-15-6-4-3-5-11(15)10-18/h3-9,16,18H,2,10H2,1H3. The van der Waals surface area contributed by atoms with Crippen molar-refractivity contribution < 1.29 is 14.8 Å². The molecule has 0 fully saturated rings. The minimum atomic E-state index is -0.467. The van der Waals surface area contributed by atoms with E-state index in [-0.39, 0.29) is 12.3 Å². The van der Waals surface area contributed by atoms with Crippen LogP contribution in [0.15, 0.2) is 42.5 Å². The fraction of sp³-hybridized carbons (Fsp3) is 0.200. The number of non-ortho nitro benzene ring substituents is 1. The minimum Gasteiger partial charge on any atom is -0.457 e. The van der Waals surface area contributed by atoms with E-state index >= 15 is 0 Å². The Balaban J connectivity index is 2.36. The highest BCUT2D eigenvalue weighted by atomic mass is 16.6. The number of aliphatic hydroxyl groups excluding tert-OH is 1. The van der Waals surface area contributed by atoms with E-state index in [0.717, 1.165) is 0 Å². The number of nitro groups is 1. The van der Waals surface area contributed by atoms with Crippen LogP contribution in [0.25, 0.3) is 0 Å². The molecule has 0 heterocycles. The molecule has 2 N–H and O–H groups in total. The lowest BCUT2D eigenvalue weighted by molar-refractivity contribution is -0.384. The molecule has 0 saturated carbocycles. The van der Waals surface area contributed by atoms with Gasteiger partial charge >= 0.3 is 0 Å². The predicted octanol–water partition coefficient (Wildman–Crippen LogP) is 3.31. The molecule has 0 aliphatic carbocycles. The Hall–Kier alpha value is -2.60. The van der Waals surface area contributed by atoms with Gasteiger partial charge in [0, 0.05) is 29.9 Å². The van der Waals surface area contributed by atoms with Gasteiger partial charge in [-0.1, -0.05) is 18.2 Å². The van der Waals surface area contributed by atoms with E-state index in [4.69, 9.17) is 4.74 Å². The van der Waals surface area contributed by atoms with Crippen LogP contribution >= 0.6 is 0 Å². The molecular formula is C15H16N2O4. The van der Waals surface area contributed by atoms with Crippen LogP contribution in [-0.2, 0) is 6.61 Å². The van der Waals surface area contributed by atoms with Crippen molar-refractivity contribution in [1.82, 2.24) is 0 Å². The quantitative estimate of drug-likeness (QED) is 0.629. The number of para-hydroxylation sites is 1. The fourth-order valence-corrected chi connectivity index (χ4v) is 1.91. The Bertz CT molecular complexity index is 643. The third-order valence-electron chi connectivity index (χ3n) is 2.85. The molecule has 0 aliphatic heterocycles. The smallest absolute Gasteiger partial charge is 0.275 e. The molecule has 110 valence electrons. The summed E-state index contributed by atoms with van der Waals surface area (Å²) in [4.78, 5) is 10.5. The maximum absolute atomic E-state index is 11.0. The molecule has 0 bridgehead atoms. The third kappa shape index (κ3) is 3.70. The largest absolute Gasteiger partial charge is 0.457 e. The average Bonchev–Trinajstić information content (AvgIpc) is 2.48. The van der Waals surface area contributed by atoms with Gasteiger partial charge in [0.25, 0.3) is 5.69 Å². The molecule has 6 nitrogen and oxygen atoms in total. The first-order valence-electron chi connectivity index (χ1n) is 6.54. The van der Waals surface area contributed by atoms with Gasteiger partial charge in [0.05, 0.1) is 17.6 Å². The molecular weight excluding hydrogens is 272 g/mol. The van der Waals surface area contributed by atoms with Gasteiger partial charge in [0.1, 0.15) is 11.5 Å². The van der Waals surface area contributed by atoms with Crippen LogP contribution in [-0.4, -0.2) is 16.6 Å². The van der Waals surface area contributed by atoms with Crippen molar-refractivity contribution in [3.05, 3.63) is 58.1 Å². The maximum atomic E-state index is 11.0. The summed E-state index contributed by atoms with van der Waals surface area (Å²) >= 11 is 0. The van der Waals surface area contributed by atoms with Crippen LogP contribution in [0.5, 0.6) is 11.5 Å². The zero-order valence-electron chi connectivity index (χ0n) is 11.6. The van der Waals surface area contributed by atoms with Crippen molar-refractivity contribution in [2.75, 3.05) is 11.9 Å². The molecule has 2 rings (SSSR count). The summed E-state index contributed by atoms with van der Waals surface area (Å²) in [5.41, 5.74) is 1.18. The van der Waals surface area contributed by atoms with Gasteiger partial charge in [0.2, 0.25) is 0 Å². The molecule has 21 heavy (non-hydrogen) atoms. The van der Waals surface area contributed by atoms with Crippen LogP contribution in [0.1, 0.15) is 12.5 Å². The van der Waals surface area contributed by atoms with Crippen molar-refractivity contribution in [2.24, 2.45) is 0 Å². The van der Waals surface area contributed by atoms with Crippen molar-refractivity contribution in [3.8, 4) is 11.5 Å². The highest BCUT2D eigenvalue weighted by molar-refractivity contribution is 5.57. The van der Waals surface area contributed by atoms with Gasteiger partial charge in [-0.2, -0.15) is 0 Å². The summed E-state index contributed by atoms with van der Waals surface area (Å²) in [5.74, 6) is 0.823. The van der Waals surface area contributed by atoms with Crippen molar-refractivity contribution in [1.29, 1.82) is 0 Å². The Labute approximate surface area is 122 Å². The lowest BCUT2D eigenvalue weighted by Gasteiger charge is -2.11. The summed E-state index contributed by atoms with van der Waals surface area (Å²) in [6.45, 7) is 2.39. The Kier molecular flexibility index (Phi) is 4.73. The summed E-state index contributed by atoms with van der Waals surface area (Å²) < 4.78 is 5.67. The second kappa shape index (κ2) is 6.71. The van der Waals surface area contributed by atoms with Crippen LogP contribution in [0.2, 0.25) is 0 Å². The molecule has 0 unspecified atom stereocenters. The lowest BCUT2D eigenvalue weighted by atomic mass is 10.2. The lowest BCUT2D eigenvalue weighted by Crippen LogP contribution is -1.99. The zero-order valence-corrected chi connectivity index (χ0v) is 11.6. The topological polar surface area (TPSA) is 84.6 Å². The molecule has 0 radical (unpaired) electrons. The number of hydrogen-bond donors (Lipinski definition) is 2. The normalized spacial score (nSPS) is 10.2. The molecule has 0 aromatic heterocycles. The van der Waals surface area contributed by atoms with Crippen LogP contribution in [0, 0.1) is 10.1 Å². The van der Waals surface area contributed by atoms with E-state index in [1.165, 1.54) is 12.1 Å². The van der Waals surface area contributed by atoms with Gasteiger partial charge in [0.15, 0.2) is 0 Å². The summed E-state index contributed by atoms with van der Waals surface area (Å²) in [6.07, 6.45) is 0. The fourth-order valence-electron chi connectivity index (χ4n) is 1.91. The number of rotatable bonds is 6. The summed E-state index contributed by atoms with van der Waals surface area (Å²) in [7, 11) is 0. The molecule has 0 atom stereocenters. The number of hydrogen-bond acceptors (Lipinski definition) is 5. The highest BCUT2D eigenvalue weighted by Gasteiger charge is 2.12. The van der Waals surface area contributed by atoms with Crippen LogP contribution < -0.4 is 10.1 Å². The average molecular weight is 288 g/mol. The molecule has 0 amide bonds.